The molecule has 1 aromatic rings. The topological polar surface area (TPSA) is 46.1 Å². The van der Waals surface area contributed by atoms with Gasteiger partial charge in [0.05, 0.1) is 18.7 Å². The van der Waals surface area contributed by atoms with E-state index in [-0.39, 0.29) is 0 Å². The molecule has 0 saturated carbocycles. The van der Waals surface area contributed by atoms with Crippen LogP contribution in [0.3, 0.4) is 0 Å². The highest BCUT2D eigenvalue weighted by atomic mass is 79.9. The minimum absolute atomic E-state index is 0.351. The summed E-state index contributed by atoms with van der Waals surface area (Å²) in [6.07, 6.45) is 1.19. The van der Waals surface area contributed by atoms with Gasteiger partial charge in [0.2, 0.25) is 0 Å². The van der Waals surface area contributed by atoms with E-state index in [2.05, 4.69) is 45.0 Å². The summed E-state index contributed by atoms with van der Waals surface area (Å²) in [6.45, 7) is 7.35. The minimum atomic E-state index is 0.351. The molecule has 1 aliphatic heterocycles. The molecule has 0 amide bonds. The van der Waals surface area contributed by atoms with Gasteiger partial charge in [0.15, 0.2) is 17.5 Å². The molecular weight excluding hydrogens is 358 g/mol. The molecule has 1 N–H and O–H groups in total. The van der Waals surface area contributed by atoms with Crippen molar-refractivity contribution in [1.29, 1.82) is 0 Å². The summed E-state index contributed by atoms with van der Waals surface area (Å²) in [5, 5.41) is 3.44. The van der Waals surface area contributed by atoms with Crippen molar-refractivity contribution in [2.45, 2.75) is 26.8 Å². The van der Waals surface area contributed by atoms with Crippen LogP contribution in [-0.2, 0) is 6.54 Å². The van der Waals surface area contributed by atoms with Crippen LogP contribution < -0.4 is 14.8 Å². The Balaban J connectivity index is 2.06. The number of guanidine groups is 1. The van der Waals surface area contributed by atoms with E-state index in [9.17, 15) is 0 Å². The van der Waals surface area contributed by atoms with Crippen LogP contribution in [0.4, 0.5) is 0 Å². The van der Waals surface area contributed by atoms with Crippen LogP contribution >= 0.6 is 15.9 Å². The average molecular weight is 384 g/mol. The zero-order valence-corrected chi connectivity index (χ0v) is 16.2. The predicted molar refractivity (Wildman–Crippen MR) is 97.4 cm³/mol. The van der Waals surface area contributed by atoms with Gasteiger partial charge in [0.25, 0.3) is 0 Å². The van der Waals surface area contributed by atoms with Crippen LogP contribution in [0.5, 0.6) is 11.5 Å². The highest BCUT2D eigenvalue weighted by molar-refractivity contribution is 9.10. The largest absolute Gasteiger partial charge is 0.493 e. The van der Waals surface area contributed by atoms with Crippen LogP contribution in [0, 0.1) is 5.41 Å². The Morgan fingerprint density at radius 3 is 2.61 bits per heavy atom. The van der Waals surface area contributed by atoms with Crippen molar-refractivity contribution < 1.29 is 9.47 Å². The third-order valence-electron chi connectivity index (χ3n) is 4.13. The molecule has 0 aliphatic carbocycles. The highest BCUT2D eigenvalue weighted by Gasteiger charge is 2.30. The summed E-state index contributed by atoms with van der Waals surface area (Å²) in [5.74, 6) is 2.37. The lowest BCUT2D eigenvalue weighted by Crippen LogP contribution is -2.40. The molecule has 0 spiro atoms. The van der Waals surface area contributed by atoms with Crippen molar-refractivity contribution in [2.24, 2.45) is 10.4 Å². The minimum Gasteiger partial charge on any atom is -0.493 e. The Labute approximate surface area is 147 Å². The number of ether oxygens (including phenoxy) is 2. The first-order valence-corrected chi connectivity index (χ1v) is 8.55. The fourth-order valence-electron chi connectivity index (χ4n) is 2.88. The first kappa shape index (κ1) is 17.9. The summed E-state index contributed by atoms with van der Waals surface area (Å²) >= 11 is 3.53. The van der Waals surface area contributed by atoms with Crippen molar-refractivity contribution >= 4 is 21.9 Å². The first-order chi connectivity index (χ1) is 10.9. The summed E-state index contributed by atoms with van der Waals surface area (Å²) in [7, 11) is 5.11. The Kier molecular flexibility index (Phi) is 5.79. The van der Waals surface area contributed by atoms with E-state index in [1.165, 1.54) is 6.42 Å². The maximum Gasteiger partial charge on any atom is 0.193 e. The normalized spacial score (nSPS) is 17.3. The molecule has 0 atom stereocenters. The molecule has 1 aliphatic rings. The van der Waals surface area contributed by atoms with Crippen LogP contribution in [0.25, 0.3) is 0 Å². The second-order valence-electron chi connectivity index (χ2n) is 6.55. The lowest BCUT2D eigenvalue weighted by atomic mass is 9.93. The van der Waals surface area contributed by atoms with Crippen LogP contribution in [0.2, 0.25) is 0 Å². The van der Waals surface area contributed by atoms with Gasteiger partial charge in [-0.1, -0.05) is 13.8 Å². The number of benzene rings is 1. The van der Waals surface area contributed by atoms with E-state index in [4.69, 9.17) is 9.47 Å². The van der Waals surface area contributed by atoms with Gasteiger partial charge in [-0.2, -0.15) is 0 Å². The monoisotopic (exact) mass is 383 g/mol. The number of nitrogens with one attached hydrogen (secondary N) is 1. The lowest BCUT2D eigenvalue weighted by molar-refractivity contribution is 0.352. The summed E-state index contributed by atoms with van der Waals surface area (Å²) in [4.78, 5) is 6.73. The Morgan fingerprint density at radius 2 is 2.09 bits per heavy atom. The number of aliphatic imine (C=N–C) groups is 1. The fraction of sp³-hybridized carbons (Fsp3) is 0.588. The number of hydrogen-bond donors (Lipinski definition) is 1. The molecule has 0 aromatic heterocycles. The van der Waals surface area contributed by atoms with E-state index in [1.807, 2.05) is 19.2 Å². The Bertz CT molecular complexity index is 587. The van der Waals surface area contributed by atoms with Crippen LogP contribution in [0.1, 0.15) is 25.8 Å². The standard InChI is InChI=1S/C17H26BrN3O2/c1-17(2)6-7-21(11-17)16(19-3)20-10-12-8-13(18)15(23-5)14(9-12)22-4/h8-9H,6-7,10-11H2,1-5H3,(H,19,20). The average Bonchev–Trinajstić information content (AvgIpc) is 2.87. The maximum atomic E-state index is 5.39. The van der Waals surface area contributed by atoms with Gasteiger partial charge >= 0.3 is 0 Å². The van der Waals surface area contributed by atoms with Crippen molar-refractivity contribution in [3.63, 3.8) is 0 Å². The van der Waals surface area contributed by atoms with Crippen molar-refractivity contribution in [1.82, 2.24) is 10.2 Å². The molecule has 1 heterocycles. The van der Waals surface area contributed by atoms with E-state index in [0.717, 1.165) is 34.8 Å². The molecule has 1 aromatic carbocycles. The van der Waals surface area contributed by atoms with Gasteiger partial charge in [-0.3, -0.25) is 4.99 Å². The van der Waals surface area contributed by atoms with Crippen molar-refractivity contribution in [2.75, 3.05) is 34.4 Å². The predicted octanol–water partition coefficient (Wildman–Crippen LogP) is 3.27. The maximum absolute atomic E-state index is 5.39. The quantitative estimate of drug-likeness (QED) is 0.640. The number of rotatable bonds is 4. The molecule has 1 fully saturated rings. The van der Waals surface area contributed by atoms with Crippen molar-refractivity contribution in [3.05, 3.63) is 22.2 Å². The molecule has 6 heteroatoms. The number of methoxy groups -OCH3 is 2. The number of hydrogen-bond acceptors (Lipinski definition) is 3. The Hall–Kier alpha value is -1.43. The molecule has 1 saturated heterocycles. The fourth-order valence-corrected chi connectivity index (χ4v) is 3.53. The first-order valence-electron chi connectivity index (χ1n) is 7.76. The summed E-state index contributed by atoms with van der Waals surface area (Å²) in [5.41, 5.74) is 1.46. The van der Waals surface area contributed by atoms with E-state index >= 15 is 0 Å². The Morgan fingerprint density at radius 1 is 1.35 bits per heavy atom. The van der Waals surface area contributed by atoms with Crippen LogP contribution in [-0.4, -0.2) is 45.2 Å². The van der Waals surface area contributed by atoms with E-state index in [0.29, 0.717) is 17.7 Å². The molecular formula is C17H26BrN3O2. The smallest absolute Gasteiger partial charge is 0.193 e. The molecule has 0 radical (unpaired) electrons. The van der Waals surface area contributed by atoms with E-state index < -0.39 is 0 Å². The summed E-state index contributed by atoms with van der Waals surface area (Å²) < 4.78 is 11.6. The third-order valence-corrected chi connectivity index (χ3v) is 4.72. The molecule has 0 unspecified atom stereocenters. The summed E-state index contributed by atoms with van der Waals surface area (Å²) in [6, 6.07) is 4.02. The van der Waals surface area contributed by atoms with E-state index in [1.54, 1.807) is 14.2 Å². The number of halogens is 1. The second-order valence-corrected chi connectivity index (χ2v) is 7.40. The highest BCUT2D eigenvalue weighted by Crippen LogP contribution is 2.36. The lowest BCUT2D eigenvalue weighted by Gasteiger charge is -2.24. The van der Waals surface area contributed by atoms with Gasteiger partial charge in [-0.25, -0.2) is 0 Å². The van der Waals surface area contributed by atoms with Gasteiger partial charge in [0, 0.05) is 26.7 Å². The zero-order valence-electron chi connectivity index (χ0n) is 14.6. The molecule has 23 heavy (non-hydrogen) atoms. The number of likely N-dealkylation sites (tertiary alicyclic amines) is 1. The second kappa shape index (κ2) is 7.43. The van der Waals surface area contributed by atoms with Crippen molar-refractivity contribution in [3.8, 4) is 11.5 Å². The van der Waals surface area contributed by atoms with Gasteiger partial charge in [-0.15, -0.1) is 0 Å². The van der Waals surface area contributed by atoms with Gasteiger partial charge < -0.3 is 19.7 Å². The molecule has 5 nitrogen and oxygen atoms in total. The SMILES string of the molecule is CN=C(NCc1cc(Br)c(OC)c(OC)c1)N1CCC(C)(C)C1. The molecule has 0 bridgehead atoms. The van der Waals surface area contributed by atoms with Gasteiger partial charge in [-0.05, 0) is 45.5 Å². The van der Waals surface area contributed by atoms with Gasteiger partial charge in [0.1, 0.15) is 0 Å². The molecule has 2 rings (SSSR count). The molecule has 128 valence electrons. The van der Waals surface area contributed by atoms with Crippen LogP contribution in [0.15, 0.2) is 21.6 Å². The zero-order chi connectivity index (χ0) is 17.0. The number of nitrogens with zero attached hydrogens (tertiary/aromatic N) is 2. The third kappa shape index (κ3) is 4.31.